The Morgan fingerprint density at radius 3 is 2.61 bits per heavy atom. The normalized spacial score (nSPS) is 12.8. The fraction of sp³-hybridized carbons (Fsp3) is 0.538. The monoisotopic (exact) mass is 345 g/mol. The first kappa shape index (κ1) is 19.1. The number of H-pyrrole nitrogens is 1. The quantitative estimate of drug-likeness (QED) is 0.368. The van der Waals surface area contributed by atoms with Gasteiger partial charge in [0.1, 0.15) is 10.6 Å². The van der Waals surface area contributed by atoms with Gasteiger partial charge in [-0.15, -0.1) is 0 Å². The van der Waals surface area contributed by atoms with Gasteiger partial charge in [-0.2, -0.15) is 0 Å². The minimum Gasteiger partial charge on any atom is -0.364 e. The van der Waals surface area contributed by atoms with Crippen molar-refractivity contribution in [2.24, 2.45) is 11.5 Å². The van der Waals surface area contributed by atoms with Crippen molar-refractivity contribution in [1.29, 1.82) is 0 Å². The van der Waals surface area contributed by atoms with E-state index in [-0.39, 0.29) is 23.2 Å². The Morgan fingerprint density at radius 1 is 1.39 bits per heavy atom. The maximum absolute atomic E-state index is 12.0. The molecular formula is C13H23N5O4S. The van der Waals surface area contributed by atoms with Gasteiger partial charge in [-0.1, -0.05) is 19.8 Å². The molecule has 0 aliphatic rings. The zero-order valence-corrected chi connectivity index (χ0v) is 13.8. The van der Waals surface area contributed by atoms with Crippen LogP contribution in [0.25, 0.3) is 0 Å². The second-order valence-corrected chi connectivity index (χ2v) is 6.85. The van der Waals surface area contributed by atoms with Gasteiger partial charge in [0.05, 0.1) is 6.54 Å². The molecule has 0 bridgehead atoms. The highest BCUT2D eigenvalue weighted by atomic mass is 32.2. The Kier molecular flexibility index (Phi) is 7.20. The van der Waals surface area contributed by atoms with Crippen molar-refractivity contribution in [2.45, 2.75) is 37.1 Å². The average Bonchev–Trinajstić information content (AvgIpc) is 3.00. The number of rotatable bonds is 10. The highest BCUT2D eigenvalue weighted by molar-refractivity contribution is 7.89. The van der Waals surface area contributed by atoms with E-state index in [1.807, 2.05) is 6.92 Å². The zero-order chi connectivity index (χ0) is 17.5. The number of nitrogens with two attached hydrogens (primary N) is 2. The number of hydrogen-bond acceptors (Lipinski definition) is 5. The summed E-state index contributed by atoms with van der Waals surface area (Å²) in [6.45, 7) is 1.90. The second kappa shape index (κ2) is 8.65. The van der Waals surface area contributed by atoms with E-state index < -0.39 is 28.4 Å². The Bertz CT molecular complexity index is 641. The van der Waals surface area contributed by atoms with Crippen LogP contribution < -0.4 is 21.5 Å². The number of nitrogens with one attached hydrogen (secondary N) is 3. The molecule has 23 heavy (non-hydrogen) atoms. The highest BCUT2D eigenvalue weighted by Gasteiger charge is 2.19. The zero-order valence-electron chi connectivity index (χ0n) is 13.0. The lowest BCUT2D eigenvalue weighted by molar-refractivity contribution is -0.120. The number of carbonyl (C=O) groups is 2. The maximum Gasteiger partial charge on any atom is 0.265 e. The SMILES string of the molecule is CCCCC(CN)NC(=O)CNS(=O)(=O)c1c[nH]c(C(N)=O)c1. The summed E-state index contributed by atoms with van der Waals surface area (Å²) in [5, 5.41) is 2.68. The molecule has 1 atom stereocenters. The van der Waals surface area contributed by atoms with Crippen molar-refractivity contribution in [1.82, 2.24) is 15.0 Å². The number of aromatic amines is 1. The van der Waals surface area contributed by atoms with E-state index in [9.17, 15) is 18.0 Å². The Labute approximate surface area is 135 Å². The Morgan fingerprint density at radius 2 is 2.09 bits per heavy atom. The molecule has 0 aliphatic carbocycles. The lowest BCUT2D eigenvalue weighted by Gasteiger charge is -2.16. The smallest absolute Gasteiger partial charge is 0.265 e. The maximum atomic E-state index is 12.0. The topological polar surface area (TPSA) is 160 Å². The first-order chi connectivity index (χ1) is 10.8. The molecule has 1 unspecified atom stereocenters. The minimum atomic E-state index is -3.91. The number of unbranched alkanes of at least 4 members (excludes halogenated alkanes) is 1. The number of hydrogen-bond donors (Lipinski definition) is 5. The molecule has 0 saturated heterocycles. The fourth-order valence-electron chi connectivity index (χ4n) is 1.89. The molecule has 1 aromatic heterocycles. The molecule has 2 amide bonds. The van der Waals surface area contributed by atoms with Crippen LogP contribution in [-0.2, 0) is 14.8 Å². The fourth-order valence-corrected chi connectivity index (χ4v) is 2.87. The summed E-state index contributed by atoms with van der Waals surface area (Å²) in [6.07, 6.45) is 3.78. The van der Waals surface area contributed by atoms with Crippen molar-refractivity contribution in [3.8, 4) is 0 Å². The van der Waals surface area contributed by atoms with Gasteiger partial charge in [0, 0.05) is 18.8 Å². The third kappa shape index (κ3) is 6.00. The van der Waals surface area contributed by atoms with Gasteiger partial charge in [-0.05, 0) is 12.5 Å². The van der Waals surface area contributed by atoms with Crippen LogP contribution in [0.4, 0.5) is 0 Å². The van der Waals surface area contributed by atoms with Crippen LogP contribution >= 0.6 is 0 Å². The predicted molar refractivity (Wildman–Crippen MR) is 85.0 cm³/mol. The van der Waals surface area contributed by atoms with Gasteiger partial charge in [-0.25, -0.2) is 13.1 Å². The standard InChI is InChI=1S/C13H23N5O4S/c1-2-3-4-9(6-14)18-12(19)8-17-23(21,22)10-5-11(13(15)20)16-7-10/h5,7,9,16-17H,2-4,6,8,14H2,1H3,(H2,15,20)(H,18,19). The molecule has 0 aromatic carbocycles. The molecule has 0 fully saturated rings. The second-order valence-electron chi connectivity index (χ2n) is 5.08. The summed E-state index contributed by atoms with van der Waals surface area (Å²) in [4.78, 5) is 25.0. The van der Waals surface area contributed by atoms with E-state index in [0.29, 0.717) is 0 Å². The summed E-state index contributed by atoms with van der Waals surface area (Å²) in [6, 6.07) is 0.924. The molecule has 0 spiro atoms. The van der Waals surface area contributed by atoms with Gasteiger partial charge < -0.3 is 21.8 Å². The summed E-state index contributed by atoms with van der Waals surface area (Å²) >= 11 is 0. The van der Waals surface area contributed by atoms with Crippen molar-refractivity contribution in [2.75, 3.05) is 13.1 Å². The van der Waals surface area contributed by atoms with E-state index in [4.69, 9.17) is 11.5 Å². The summed E-state index contributed by atoms with van der Waals surface area (Å²) in [5.74, 6) is -1.24. The van der Waals surface area contributed by atoms with Crippen LogP contribution in [-0.4, -0.2) is 44.3 Å². The minimum absolute atomic E-state index is 0.0300. The molecule has 0 radical (unpaired) electrons. The van der Waals surface area contributed by atoms with Crippen LogP contribution in [0.2, 0.25) is 0 Å². The van der Waals surface area contributed by atoms with Crippen molar-refractivity contribution in [3.05, 3.63) is 18.0 Å². The van der Waals surface area contributed by atoms with Crippen molar-refractivity contribution < 1.29 is 18.0 Å². The number of aromatic nitrogens is 1. The Hall–Kier alpha value is -1.91. The molecule has 1 aromatic rings. The third-order valence-corrected chi connectivity index (χ3v) is 4.59. The number of primary amides is 1. The van der Waals surface area contributed by atoms with Gasteiger partial charge >= 0.3 is 0 Å². The number of sulfonamides is 1. The van der Waals surface area contributed by atoms with Crippen LogP contribution in [0.5, 0.6) is 0 Å². The summed E-state index contributed by atoms with van der Waals surface area (Å²) in [5.41, 5.74) is 10.6. The highest BCUT2D eigenvalue weighted by Crippen LogP contribution is 2.09. The van der Waals surface area contributed by atoms with Gasteiger partial charge in [0.25, 0.3) is 5.91 Å². The molecule has 1 heterocycles. The molecule has 10 heteroatoms. The molecule has 0 aliphatic heterocycles. The molecule has 7 N–H and O–H groups in total. The summed E-state index contributed by atoms with van der Waals surface area (Å²) < 4.78 is 26.2. The van der Waals surface area contributed by atoms with Gasteiger partial charge in [0.2, 0.25) is 15.9 Å². The third-order valence-electron chi connectivity index (χ3n) is 3.21. The van der Waals surface area contributed by atoms with E-state index in [0.717, 1.165) is 31.5 Å². The molecule has 9 nitrogen and oxygen atoms in total. The van der Waals surface area contributed by atoms with Crippen LogP contribution in [0, 0.1) is 0 Å². The van der Waals surface area contributed by atoms with Crippen LogP contribution in [0.1, 0.15) is 36.7 Å². The average molecular weight is 345 g/mol. The van der Waals surface area contributed by atoms with Gasteiger partial charge in [-0.3, -0.25) is 9.59 Å². The number of carbonyl (C=O) groups excluding carboxylic acids is 2. The largest absolute Gasteiger partial charge is 0.364 e. The predicted octanol–water partition coefficient (Wildman–Crippen LogP) is -0.974. The molecular weight excluding hydrogens is 322 g/mol. The van der Waals surface area contributed by atoms with Crippen LogP contribution in [0.3, 0.4) is 0 Å². The molecule has 130 valence electrons. The van der Waals surface area contributed by atoms with Crippen molar-refractivity contribution >= 4 is 21.8 Å². The molecule has 0 saturated carbocycles. The molecule has 1 rings (SSSR count). The van der Waals surface area contributed by atoms with Crippen LogP contribution in [0.15, 0.2) is 17.2 Å². The first-order valence-electron chi connectivity index (χ1n) is 7.27. The van der Waals surface area contributed by atoms with E-state index in [1.165, 1.54) is 0 Å². The van der Waals surface area contributed by atoms with E-state index >= 15 is 0 Å². The lowest BCUT2D eigenvalue weighted by atomic mass is 10.1. The first-order valence-corrected chi connectivity index (χ1v) is 8.75. The van der Waals surface area contributed by atoms with E-state index in [2.05, 4.69) is 15.0 Å². The summed E-state index contributed by atoms with van der Waals surface area (Å²) in [7, 11) is -3.91. The van der Waals surface area contributed by atoms with Gasteiger partial charge in [0.15, 0.2) is 0 Å². The lowest BCUT2D eigenvalue weighted by Crippen LogP contribution is -2.45. The Balaban J connectivity index is 2.57. The van der Waals surface area contributed by atoms with Crippen molar-refractivity contribution in [3.63, 3.8) is 0 Å². The van der Waals surface area contributed by atoms with E-state index in [1.54, 1.807) is 0 Å². The number of amides is 2.